The number of hydrazone groups is 1. The van der Waals surface area contributed by atoms with Crippen molar-refractivity contribution in [2.24, 2.45) is 10.5 Å². The van der Waals surface area contributed by atoms with E-state index in [0.717, 1.165) is 35.6 Å². The topological polar surface area (TPSA) is 102 Å². The molecule has 11 heteroatoms. The first kappa shape index (κ1) is 24.8. The van der Waals surface area contributed by atoms with E-state index in [1.54, 1.807) is 59.0 Å². The highest BCUT2D eigenvalue weighted by molar-refractivity contribution is 8.86. The average Bonchev–Trinajstić information content (AvgIpc) is 3.39. The summed E-state index contributed by atoms with van der Waals surface area (Å²) in [4.78, 5) is 26.0. The van der Waals surface area contributed by atoms with Gasteiger partial charge in [0.05, 0.1) is 26.1 Å². The van der Waals surface area contributed by atoms with Crippen molar-refractivity contribution in [2.75, 3.05) is 4.41 Å². The summed E-state index contributed by atoms with van der Waals surface area (Å²) in [6, 6.07) is 13.3. The molecule has 1 saturated carbocycles. The monoisotopic (exact) mass is 540 g/mol. The van der Waals surface area contributed by atoms with Crippen molar-refractivity contribution in [1.29, 1.82) is 0 Å². The number of anilines is 1. The van der Waals surface area contributed by atoms with Gasteiger partial charge in [-0.3, -0.25) is 20.2 Å². The van der Waals surface area contributed by atoms with Gasteiger partial charge in [0.15, 0.2) is 0 Å². The Hall–Kier alpha value is -2.89. The third-order valence-electron chi connectivity index (χ3n) is 5.94. The molecule has 2 aromatic rings. The van der Waals surface area contributed by atoms with E-state index in [0.29, 0.717) is 0 Å². The van der Waals surface area contributed by atoms with Crippen LogP contribution in [0.1, 0.15) is 40.0 Å². The molecule has 1 fully saturated rings. The first-order chi connectivity index (χ1) is 17.1. The quantitative estimate of drug-likeness (QED) is 0.121. The van der Waals surface area contributed by atoms with Crippen molar-refractivity contribution in [3.05, 3.63) is 90.2 Å². The minimum Gasteiger partial charge on any atom is -0.258 e. The van der Waals surface area contributed by atoms with Gasteiger partial charge in [0, 0.05) is 43.8 Å². The van der Waals surface area contributed by atoms with Gasteiger partial charge in [0.25, 0.3) is 11.4 Å². The van der Waals surface area contributed by atoms with Crippen molar-refractivity contribution in [1.82, 2.24) is 0 Å². The lowest BCUT2D eigenvalue weighted by molar-refractivity contribution is -0.385. The minimum atomic E-state index is -0.389. The smallest absolute Gasteiger partial charge is 0.258 e. The number of nitro groups is 2. The summed E-state index contributed by atoms with van der Waals surface area (Å²) in [6.07, 6.45) is 5.26. The predicted octanol–water partition coefficient (Wildman–Crippen LogP) is 7.86. The zero-order chi connectivity index (χ0) is 25.6. The van der Waals surface area contributed by atoms with Gasteiger partial charge in [0.2, 0.25) is 0 Å². The molecule has 2 aliphatic heterocycles. The van der Waals surface area contributed by atoms with Gasteiger partial charge in [0.1, 0.15) is 0 Å². The summed E-state index contributed by atoms with van der Waals surface area (Å²) in [5, 5.41) is 27.0. The molecule has 36 heavy (non-hydrogen) atoms. The number of thioether (sulfide) groups is 1. The van der Waals surface area contributed by atoms with Crippen molar-refractivity contribution < 1.29 is 9.85 Å². The molecule has 5 rings (SSSR count). The summed E-state index contributed by atoms with van der Waals surface area (Å²) in [5.41, 5.74) is 3.36. The van der Waals surface area contributed by atoms with E-state index in [4.69, 9.17) is 5.10 Å². The average molecular weight is 541 g/mol. The van der Waals surface area contributed by atoms with Crippen LogP contribution in [0.2, 0.25) is 0 Å². The van der Waals surface area contributed by atoms with Crippen LogP contribution in [0.5, 0.6) is 0 Å². The van der Waals surface area contributed by atoms with Crippen LogP contribution in [0, 0.1) is 25.6 Å². The molecule has 0 spiro atoms. The van der Waals surface area contributed by atoms with Crippen LogP contribution in [-0.4, -0.2) is 20.4 Å². The second-order valence-electron chi connectivity index (χ2n) is 9.56. The van der Waals surface area contributed by atoms with Gasteiger partial charge in [-0.05, 0) is 76.3 Å². The van der Waals surface area contributed by atoms with Gasteiger partial charge in [-0.15, -0.1) is 0 Å². The fourth-order valence-electron chi connectivity index (χ4n) is 4.06. The highest BCUT2D eigenvalue weighted by Gasteiger charge is 2.38. The summed E-state index contributed by atoms with van der Waals surface area (Å²) < 4.78 is 2.02. The van der Waals surface area contributed by atoms with E-state index < -0.39 is 0 Å². The molecule has 0 amide bonds. The molecule has 2 aromatic carbocycles. The van der Waals surface area contributed by atoms with E-state index in [9.17, 15) is 20.2 Å². The molecule has 1 aliphatic carbocycles. The van der Waals surface area contributed by atoms with Crippen LogP contribution in [0.3, 0.4) is 0 Å². The van der Waals surface area contributed by atoms with Crippen molar-refractivity contribution >= 4 is 59.9 Å². The number of allylic oxidation sites excluding steroid dienone is 3. The molecule has 1 atom stereocenters. The van der Waals surface area contributed by atoms with Crippen molar-refractivity contribution in [3.63, 3.8) is 0 Å². The summed E-state index contributed by atoms with van der Waals surface area (Å²) in [5.74, 6) is 0. The molecule has 2 heterocycles. The number of nitrogens with zero attached hydrogens (tertiary/aromatic N) is 4. The molecule has 3 aliphatic rings. The molecular formula is C25H24N4O4S3. The van der Waals surface area contributed by atoms with Crippen LogP contribution in [0.4, 0.5) is 17.1 Å². The zero-order valence-electron chi connectivity index (χ0n) is 20.0. The van der Waals surface area contributed by atoms with Crippen LogP contribution < -0.4 is 4.41 Å². The lowest BCUT2D eigenvalue weighted by atomic mass is 9.91. The predicted molar refractivity (Wildman–Crippen MR) is 151 cm³/mol. The zero-order valence-corrected chi connectivity index (χ0v) is 22.4. The van der Waals surface area contributed by atoms with Gasteiger partial charge >= 0.3 is 0 Å². The maximum Gasteiger partial charge on any atom is 0.269 e. The minimum absolute atomic E-state index is 0.0682. The van der Waals surface area contributed by atoms with E-state index >= 15 is 0 Å². The highest BCUT2D eigenvalue weighted by Crippen LogP contribution is 2.58. The molecule has 1 unspecified atom stereocenters. The standard InChI is InChI=1S/C25H24N4O4S3/c1-25(2,3)23(34-19-13-11-18(12-14-19)29(32)33)15-22-20-5-4-6-21-24(20)36(35-22)27(26-21)16-7-9-17(10-8-16)28(30)31/h7-15H,4-6H2,1-3H3. The third kappa shape index (κ3) is 4.74. The number of hydrogen-bond donors (Lipinski definition) is 0. The van der Waals surface area contributed by atoms with Crippen molar-refractivity contribution in [3.8, 4) is 0 Å². The normalized spacial score (nSPS) is 19.5. The Kier molecular flexibility index (Phi) is 6.56. The Morgan fingerprint density at radius 2 is 1.64 bits per heavy atom. The fraction of sp³-hybridized carbons (Fsp3) is 0.280. The van der Waals surface area contributed by atoms with Crippen LogP contribution in [-0.2, 0) is 0 Å². The Bertz CT molecular complexity index is 1390. The number of nitro benzene ring substituents is 2. The first-order valence-corrected chi connectivity index (χ1v) is 14.7. The molecule has 186 valence electrons. The fourth-order valence-corrected chi connectivity index (χ4v) is 9.80. The Morgan fingerprint density at radius 3 is 2.22 bits per heavy atom. The third-order valence-corrected chi connectivity index (χ3v) is 11.5. The number of rotatable bonds is 6. The molecule has 0 N–H and O–H groups in total. The number of non-ortho nitro benzene ring substituents is 2. The molecule has 0 saturated heterocycles. The maximum absolute atomic E-state index is 11.1. The largest absolute Gasteiger partial charge is 0.269 e. The summed E-state index contributed by atoms with van der Waals surface area (Å²) >= 11 is 1.64. The SMILES string of the molecule is CC(C)(C)C(=CC1=C2CCCC3=NN(c4ccc([N+](=O)[O-])cc4)S(=C32)S1)Sc1ccc([N+](=O)[O-])cc1. The Balaban J connectivity index is 1.46. The summed E-state index contributed by atoms with van der Waals surface area (Å²) in [7, 11) is 1.48. The Morgan fingerprint density at radius 1 is 1.03 bits per heavy atom. The van der Waals surface area contributed by atoms with Gasteiger partial charge in [-0.1, -0.05) is 32.5 Å². The lowest BCUT2D eigenvalue weighted by Crippen LogP contribution is -2.18. The van der Waals surface area contributed by atoms with Crippen LogP contribution >= 0.6 is 32.3 Å². The second-order valence-corrected chi connectivity index (χ2v) is 14.0. The van der Waals surface area contributed by atoms with Crippen molar-refractivity contribution in [2.45, 2.75) is 44.9 Å². The molecule has 8 nitrogen and oxygen atoms in total. The molecular weight excluding hydrogens is 517 g/mol. The molecule has 0 aromatic heterocycles. The van der Waals surface area contributed by atoms with E-state index in [2.05, 4.69) is 26.8 Å². The lowest BCUT2D eigenvalue weighted by Gasteiger charge is -2.24. The molecule has 0 radical (unpaired) electrons. The maximum atomic E-state index is 11.1. The van der Waals surface area contributed by atoms with Crippen LogP contribution in [0.15, 0.2) is 80.0 Å². The van der Waals surface area contributed by atoms with Gasteiger partial charge in [-0.25, -0.2) is 4.41 Å². The van der Waals surface area contributed by atoms with E-state index in [1.165, 1.54) is 32.4 Å². The Labute approximate surface area is 219 Å². The molecule has 0 bridgehead atoms. The number of benzene rings is 2. The van der Waals surface area contributed by atoms with Gasteiger partial charge in [-0.2, -0.15) is 5.10 Å². The first-order valence-electron chi connectivity index (χ1n) is 11.4. The highest BCUT2D eigenvalue weighted by atomic mass is 33.1. The summed E-state index contributed by atoms with van der Waals surface area (Å²) in [6.45, 7) is 6.53. The number of hydrogen-bond acceptors (Lipinski definition) is 8. The van der Waals surface area contributed by atoms with Crippen LogP contribution in [0.25, 0.3) is 0 Å². The second kappa shape index (κ2) is 9.53. The van der Waals surface area contributed by atoms with E-state index in [1.807, 2.05) is 4.41 Å². The van der Waals surface area contributed by atoms with E-state index in [-0.39, 0.29) is 36.3 Å². The van der Waals surface area contributed by atoms with Gasteiger partial charge < -0.3 is 0 Å².